The lowest BCUT2D eigenvalue weighted by Crippen LogP contribution is -2.05. The number of allylic oxidation sites excluding steroid dienone is 1. The van der Waals surface area contributed by atoms with Crippen LogP contribution in [0, 0.1) is 11.3 Å². The van der Waals surface area contributed by atoms with Gasteiger partial charge in [-0.2, -0.15) is 5.26 Å². The van der Waals surface area contributed by atoms with Crippen LogP contribution >= 0.6 is 0 Å². The van der Waals surface area contributed by atoms with E-state index in [9.17, 15) is 0 Å². The van der Waals surface area contributed by atoms with E-state index in [1.165, 1.54) is 0 Å². The fourth-order valence-electron chi connectivity index (χ4n) is 0.799. The molecule has 0 aromatic rings. The third-order valence-electron chi connectivity index (χ3n) is 1.54. The first-order valence-corrected chi connectivity index (χ1v) is 4.55. The van der Waals surface area contributed by atoms with Gasteiger partial charge in [-0.3, -0.25) is 0 Å². The number of hydrogen-bond acceptors (Lipinski definition) is 2. The van der Waals surface area contributed by atoms with Crippen molar-refractivity contribution in [2.75, 3.05) is 0 Å². The number of nitrogens with zero attached hydrogens (tertiary/aromatic N) is 1. The van der Waals surface area contributed by atoms with E-state index in [4.69, 9.17) is 10.00 Å². The minimum atomic E-state index is -0.257. The molecular weight excluding hydrogens is 150 g/mol. The lowest BCUT2D eigenvalue weighted by atomic mass is 10.2. The molecule has 1 unspecified atom stereocenters. The monoisotopic (exact) mass is 167 g/mol. The van der Waals surface area contributed by atoms with Crippen LogP contribution in [0.5, 0.6) is 0 Å². The van der Waals surface area contributed by atoms with E-state index >= 15 is 0 Å². The van der Waals surface area contributed by atoms with Gasteiger partial charge in [0.2, 0.25) is 0 Å². The molecule has 0 amide bonds. The van der Waals surface area contributed by atoms with E-state index in [2.05, 4.69) is 13.0 Å². The van der Waals surface area contributed by atoms with Crippen LogP contribution in [0.15, 0.2) is 12.3 Å². The Kier molecular flexibility index (Phi) is 7.47. The Labute approximate surface area is 74.8 Å². The van der Waals surface area contributed by atoms with E-state index in [0.29, 0.717) is 0 Å². The first-order chi connectivity index (χ1) is 5.85. The Morgan fingerprint density at radius 2 is 2.25 bits per heavy atom. The summed E-state index contributed by atoms with van der Waals surface area (Å²) in [7, 11) is 0. The van der Waals surface area contributed by atoms with Gasteiger partial charge in [0.1, 0.15) is 6.07 Å². The predicted octanol–water partition coefficient (Wildman–Crippen LogP) is 3.01. The van der Waals surface area contributed by atoms with Gasteiger partial charge in [0.05, 0.1) is 6.26 Å². The molecule has 0 aliphatic heterocycles. The van der Waals surface area contributed by atoms with Gasteiger partial charge in [0.25, 0.3) is 0 Å². The maximum absolute atomic E-state index is 8.64. The van der Waals surface area contributed by atoms with Gasteiger partial charge in [-0.05, 0) is 19.3 Å². The number of hydrogen-bond donors (Lipinski definition) is 0. The summed E-state index contributed by atoms with van der Waals surface area (Å²) in [6, 6.07) is 2.12. The summed E-state index contributed by atoms with van der Waals surface area (Å²) in [4.78, 5) is 0. The van der Waals surface area contributed by atoms with Crippen LogP contribution in [-0.2, 0) is 4.74 Å². The third-order valence-corrected chi connectivity index (χ3v) is 1.54. The van der Waals surface area contributed by atoms with Crippen molar-refractivity contribution in [3.63, 3.8) is 0 Å². The normalized spacial score (nSPS) is 12.8. The molecule has 68 valence electrons. The van der Waals surface area contributed by atoms with Crippen molar-refractivity contribution in [2.45, 2.75) is 45.6 Å². The zero-order valence-electron chi connectivity index (χ0n) is 7.92. The zero-order valence-corrected chi connectivity index (χ0v) is 7.92. The fourth-order valence-corrected chi connectivity index (χ4v) is 0.799. The molecule has 12 heavy (non-hydrogen) atoms. The molecular formula is C10H17NO. The minimum absolute atomic E-state index is 0.257. The molecule has 0 aliphatic rings. The molecule has 0 spiro atoms. The van der Waals surface area contributed by atoms with Crippen LogP contribution in [0.1, 0.15) is 39.5 Å². The molecule has 1 atom stereocenters. The van der Waals surface area contributed by atoms with Crippen molar-refractivity contribution >= 4 is 0 Å². The van der Waals surface area contributed by atoms with Crippen molar-refractivity contribution < 1.29 is 4.74 Å². The molecule has 0 N–H and O–H groups in total. The topological polar surface area (TPSA) is 33.0 Å². The van der Waals surface area contributed by atoms with E-state index in [1.54, 1.807) is 6.26 Å². The Bertz CT molecular complexity index is 158. The number of rotatable bonds is 6. The molecule has 2 nitrogen and oxygen atoms in total. The molecule has 0 aromatic carbocycles. The predicted molar refractivity (Wildman–Crippen MR) is 49.4 cm³/mol. The SMILES string of the molecule is CC/C=C\OC(C#N)CCCC. The second-order valence-electron chi connectivity index (χ2n) is 2.68. The first-order valence-electron chi connectivity index (χ1n) is 4.55. The molecule has 0 fully saturated rings. The Balaban J connectivity index is 3.55. The summed E-state index contributed by atoms with van der Waals surface area (Å²) in [5.41, 5.74) is 0. The smallest absolute Gasteiger partial charge is 0.183 e. The summed E-state index contributed by atoms with van der Waals surface area (Å²) < 4.78 is 5.19. The highest BCUT2D eigenvalue weighted by molar-refractivity contribution is 4.86. The van der Waals surface area contributed by atoms with Gasteiger partial charge in [0.15, 0.2) is 6.10 Å². The van der Waals surface area contributed by atoms with Crippen LogP contribution < -0.4 is 0 Å². The maximum atomic E-state index is 8.64. The molecule has 0 heterocycles. The highest BCUT2D eigenvalue weighted by Gasteiger charge is 2.03. The van der Waals surface area contributed by atoms with Crippen LogP contribution in [0.25, 0.3) is 0 Å². The summed E-state index contributed by atoms with van der Waals surface area (Å²) in [6.07, 6.45) is 7.23. The van der Waals surface area contributed by atoms with E-state index in [-0.39, 0.29) is 6.10 Å². The average molecular weight is 167 g/mol. The lowest BCUT2D eigenvalue weighted by Gasteiger charge is -2.06. The minimum Gasteiger partial charge on any atom is -0.484 e. The van der Waals surface area contributed by atoms with Gasteiger partial charge >= 0.3 is 0 Å². The molecule has 0 saturated carbocycles. The standard InChI is InChI=1S/C10H17NO/c1-3-5-7-10(9-11)12-8-6-4-2/h6,8,10H,3-5,7H2,1-2H3/b8-6-. The number of ether oxygens (including phenoxy) is 1. The van der Waals surface area contributed by atoms with Crippen LogP contribution in [-0.4, -0.2) is 6.10 Å². The van der Waals surface area contributed by atoms with Crippen LogP contribution in [0.2, 0.25) is 0 Å². The second kappa shape index (κ2) is 8.13. The molecule has 0 saturated heterocycles. The van der Waals surface area contributed by atoms with Crippen LogP contribution in [0.3, 0.4) is 0 Å². The van der Waals surface area contributed by atoms with E-state index in [0.717, 1.165) is 25.7 Å². The van der Waals surface area contributed by atoms with Gasteiger partial charge in [-0.1, -0.05) is 26.3 Å². The summed E-state index contributed by atoms with van der Waals surface area (Å²) >= 11 is 0. The summed E-state index contributed by atoms with van der Waals surface area (Å²) in [5.74, 6) is 0. The number of nitriles is 1. The van der Waals surface area contributed by atoms with Gasteiger partial charge < -0.3 is 4.74 Å². The number of unbranched alkanes of at least 4 members (excludes halogenated alkanes) is 1. The Hall–Kier alpha value is -0.970. The third kappa shape index (κ3) is 5.79. The summed E-state index contributed by atoms with van der Waals surface area (Å²) in [5, 5.41) is 8.64. The molecule has 0 radical (unpaired) electrons. The van der Waals surface area contributed by atoms with E-state index in [1.807, 2.05) is 13.0 Å². The van der Waals surface area contributed by atoms with E-state index < -0.39 is 0 Å². The van der Waals surface area contributed by atoms with Crippen molar-refractivity contribution in [3.05, 3.63) is 12.3 Å². The quantitative estimate of drug-likeness (QED) is 0.570. The molecule has 2 heteroatoms. The highest BCUT2D eigenvalue weighted by Crippen LogP contribution is 2.04. The summed E-state index contributed by atoms with van der Waals surface area (Å²) in [6.45, 7) is 4.14. The van der Waals surface area contributed by atoms with Crippen molar-refractivity contribution in [1.82, 2.24) is 0 Å². The van der Waals surface area contributed by atoms with Crippen molar-refractivity contribution in [3.8, 4) is 6.07 Å². The van der Waals surface area contributed by atoms with Gasteiger partial charge in [-0.15, -0.1) is 0 Å². The maximum Gasteiger partial charge on any atom is 0.183 e. The molecule has 0 aliphatic carbocycles. The van der Waals surface area contributed by atoms with Crippen molar-refractivity contribution in [1.29, 1.82) is 5.26 Å². The van der Waals surface area contributed by atoms with Crippen molar-refractivity contribution in [2.24, 2.45) is 0 Å². The van der Waals surface area contributed by atoms with Gasteiger partial charge in [-0.25, -0.2) is 0 Å². The Morgan fingerprint density at radius 1 is 1.50 bits per heavy atom. The Morgan fingerprint density at radius 3 is 2.75 bits per heavy atom. The van der Waals surface area contributed by atoms with Gasteiger partial charge in [0, 0.05) is 0 Å². The largest absolute Gasteiger partial charge is 0.484 e. The fraction of sp³-hybridized carbons (Fsp3) is 0.700. The molecule has 0 aromatic heterocycles. The second-order valence-corrected chi connectivity index (χ2v) is 2.68. The zero-order chi connectivity index (χ0) is 9.23. The van der Waals surface area contributed by atoms with Crippen LogP contribution in [0.4, 0.5) is 0 Å². The average Bonchev–Trinajstić information content (AvgIpc) is 2.11. The molecule has 0 bridgehead atoms. The lowest BCUT2D eigenvalue weighted by molar-refractivity contribution is 0.180. The molecule has 0 rings (SSSR count). The first kappa shape index (κ1) is 11.0. The highest BCUT2D eigenvalue weighted by atomic mass is 16.5.